The summed E-state index contributed by atoms with van der Waals surface area (Å²) in [6.07, 6.45) is 1.94. The summed E-state index contributed by atoms with van der Waals surface area (Å²) in [4.78, 5) is 14.5. The number of halogens is 1. The summed E-state index contributed by atoms with van der Waals surface area (Å²) in [5.74, 6) is 1.08. The second-order valence-corrected chi connectivity index (χ2v) is 6.23. The largest absolute Gasteiger partial charge is 0.493 e. The summed E-state index contributed by atoms with van der Waals surface area (Å²) >= 11 is 0. The van der Waals surface area contributed by atoms with Crippen LogP contribution in [0.2, 0.25) is 0 Å². The van der Waals surface area contributed by atoms with Crippen molar-refractivity contribution in [3.63, 3.8) is 0 Å². The van der Waals surface area contributed by atoms with E-state index >= 15 is 0 Å². The smallest absolute Gasteiger partial charge is 0.256 e. The Labute approximate surface area is 135 Å². The average molecular weight is 322 g/mol. The van der Waals surface area contributed by atoms with E-state index in [9.17, 15) is 9.18 Å². The van der Waals surface area contributed by atoms with Crippen LogP contribution in [0.3, 0.4) is 0 Å². The summed E-state index contributed by atoms with van der Waals surface area (Å²) < 4.78 is 24.6. The minimum atomic E-state index is -0.571. The van der Waals surface area contributed by atoms with Crippen molar-refractivity contribution in [1.29, 1.82) is 0 Å². The predicted molar refractivity (Wildman–Crippen MR) is 84.5 cm³/mol. The zero-order chi connectivity index (χ0) is 16.4. The maximum atomic E-state index is 14.3. The van der Waals surface area contributed by atoms with Crippen molar-refractivity contribution in [2.24, 2.45) is 11.8 Å². The van der Waals surface area contributed by atoms with Gasteiger partial charge in [0, 0.05) is 19.2 Å². The molecular weight excluding hydrogens is 299 g/mol. The van der Waals surface area contributed by atoms with Gasteiger partial charge in [-0.1, -0.05) is 0 Å². The molecule has 2 saturated heterocycles. The Bertz CT molecular complexity index is 579. The van der Waals surface area contributed by atoms with Gasteiger partial charge in [-0.3, -0.25) is 4.79 Å². The molecule has 23 heavy (non-hydrogen) atoms. The van der Waals surface area contributed by atoms with Crippen LogP contribution in [0.1, 0.15) is 23.2 Å². The Morgan fingerprint density at radius 1 is 1.13 bits per heavy atom. The molecule has 3 rings (SSSR count). The highest BCUT2D eigenvalue weighted by Crippen LogP contribution is 2.32. The van der Waals surface area contributed by atoms with E-state index in [0.717, 1.165) is 25.9 Å². The van der Waals surface area contributed by atoms with E-state index in [4.69, 9.17) is 9.47 Å². The molecule has 0 unspecified atom stereocenters. The van der Waals surface area contributed by atoms with Crippen molar-refractivity contribution >= 4 is 5.91 Å². The number of benzene rings is 1. The lowest BCUT2D eigenvalue weighted by Crippen LogP contribution is -2.33. The molecule has 1 aromatic carbocycles. The number of fused-ring (bicyclic) bond motifs is 1. The Balaban J connectivity index is 1.80. The molecule has 2 aliphatic rings. The molecule has 2 fully saturated rings. The van der Waals surface area contributed by atoms with E-state index < -0.39 is 5.82 Å². The molecule has 1 N–H and O–H groups in total. The third-order valence-corrected chi connectivity index (χ3v) is 5.01. The highest BCUT2D eigenvalue weighted by molar-refractivity contribution is 5.95. The highest BCUT2D eigenvalue weighted by atomic mass is 19.1. The van der Waals surface area contributed by atoms with E-state index in [1.54, 1.807) is 4.90 Å². The number of carbonyl (C=O) groups is 1. The van der Waals surface area contributed by atoms with Gasteiger partial charge in [0.2, 0.25) is 0 Å². The van der Waals surface area contributed by atoms with Crippen molar-refractivity contribution in [3.8, 4) is 11.5 Å². The molecule has 0 spiro atoms. The van der Waals surface area contributed by atoms with Crippen LogP contribution in [0.4, 0.5) is 4.39 Å². The molecule has 126 valence electrons. The molecule has 6 heteroatoms. The predicted octanol–water partition coefficient (Wildman–Crippen LogP) is 1.91. The van der Waals surface area contributed by atoms with Gasteiger partial charge in [0.05, 0.1) is 19.8 Å². The number of nitrogens with one attached hydrogen (secondary N) is 1. The maximum Gasteiger partial charge on any atom is 0.256 e. The number of nitrogens with zero attached hydrogens (tertiary/aromatic N) is 1. The van der Waals surface area contributed by atoms with Gasteiger partial charge in [0.1, 0.15) is 5.82 Å². The summed E-state index contributed by atoms with van der Waals surface area (Å²) in [6, 6.07) is 2.65. The summed E-state index contributed by atoms with van der Waals surface area (Å²) in [5, 5.41) is 3.41. The fourth-order valence-electron chi connectivity index (χ4n) is 3.61. The van der Waals surface area contributed by atoms with Gasteiger partial charge in [-0.15, -0.1) is 0 Å². The lowest BCUT2D eigenvalue weighted by Gasteiger charge is -2.22. The number of ether oxygens (including phenoxy) is 2. The number of methoxy groups -OCH3 is 2. The second kappa shape index (κ2) is 6.74. The Hall–Kier alpha value is -1.82. The molecule has 0 aliphatic carbocycles. The van der Waals surface area contributed by atoms with Gasteiger partial charge in [-0.2, -0.15) is 0 Å². The van der Waals surface area contributed by atoms with E-state index in [2.05, 4.69) is 5.32 Å². The zero-order valence-electron chi connectivity index (χ0n) is 13.6. The maximum absolute atomic E-state index is 14.3. The first kappa shape index (κ1) is 16.1. The molecule has 2 heterocycles. The fraction of sp³-hybridized carbons (Fsp3) is 0.588. The first-order chi connectivity index (χ1) is 11.1. The molecule has 2 atom stereocenters. The second-order valence-electron chi connectivity index (χ2n) is 6.23. The van der Waals surface area contributed by atoms with Crippen LogP contribution in [-0.2, 0) is 0 Å². The lowest BCUT2D eigenvalue weighted by atomic mass is 9.92. The van der Waals surface area contributed by atoms with Gasteiger partial charge in [0.25, 0.3) is 5.91 Å². The summed E-state index contributed by atoms with van der Waals surface area (Å²) in [7, 11) is 2.92. The van der Waals surface area contributed by atoms with Crippen molar-refractivity contribution in [2.75, 3.05) is 40.4 Å². The first-order valence-electron chi connectivity index (χ1n) is 8.05. The van der Waals surface area contributed by atoms with Crippen LogP contribution >= 0.6 is 0 Å². The molecule has 2 aliphatic heterocycles. The molecule has 0 radical (unpaired) electrons. The monoisotopic (exact) mass is 322 g/mol. The fourth-order valence-corrected chi connectivity index (χ4v) is 3.61. The van der Waals surface area contributed by atoms with E-state index in [1.807, 2.05) is 0 Å². The lowest BCUT2D eigenvalue weighted by molar-refractivity contribution is 0.0753. The standard InChI is InChI=1S/C17H23FN2O3/c1-22-15-7-13(14(18)8-16(15)23-2)17(21)20-5-3-11-9-19-10-12(11)4-6-20/h7-8,11-12,19H,3-6,9-10H2,1-2H3/t11-,12+. The van der Waals surface area contributed by atoms with Crippen LogP contribution in [0.15, 0.2) is 12.1 Å². The average Bonchev–Trinajstić information content (AvgIpc) is 2.92. The van der Waals surface area contributed by atoms with Crippen molar-refractivity contribution in [1.82, 2.24) is 10.2 Å². The molecular formula is C17H23FN2O3. The van der Waals surface area contributed by atoms with Crippen molar-refractivity contribution < 1.29 is 18.7 Å². The Kier molecular flexibility index (Phi) is 4.71. The van der Waals surface area contributed by atoms with Crippen molar-refractivity contribution in [3.05, 3.63) is 23.5 Å². The molecule has 0 bridgehead atoms. The number of likely N-dealkylation sites (tertiary alicyclic amines) is 1. The van der Waals surface area contributed by atoms with E-state index in [0.29, 0.717) is 30.7 Å². The number of hydrogen-bond acceptors (Lipinski definition) is 4. The topological polar surface area (TPSA) is 50.8 Å². The SMILES string of the molecule is COc1cc(F)c(C(=O)N2CC[C@@H]3CNC[C@@H]3CC2)cc1OC. The van der Waals surface area contributed by atoms with Crippen molar-refractivity contribution in [2.45, 2.75) is 12.8 Å². The Morgan fingerprint density at radius 3 is 2.26 bits per heavy atom. The molecule has 1 aromatic rings. The summed E-state index contributed by atoms with van der Waals surface area (Å²) in [5.41, 5.74) is 0.0489. The zero-order valence-corrected chi connectivity index (χ0v) is 13.6. The molecule has 5 nitrogen and oxygen atoms in total. The quantitative estimate of drug-likeness (QED) is 0.924. The normalized spacial score (nSPS) is 24.0. The molecule has 0 saturated carbocycles. The van der Waals surface area contributed by atoms with Gasteiger partial charge < -0.3 is 19.7 Å². The van der Waals surface area contributed by atoms with Crippen LogP contribution < -0.4 is 14.8 Å². The number of rotatable bonds is 3. The van der Waals surface area contributed by atoms with Gasteiger partial charge in [-0.25, -0.2) is 4.39 Å². The first-order valence-corrected chi connectivity index (χ1v) is 8.05. The molecule has 1 amide bonds. The number of amides is 1. The van der Waals surface area contributed by atoms with Gasteiger partial charge in [-0.05, 0) is 43.8 Å². The van der Waals surface area contributed by atoms with Crippen LogP contribution in [0.5, 0.6) is 11.5 Å². The Morgan fingerprint density at radius 2 is 1.70 bits per heavy atom. The highest BCUT2D eigenvalue weighted by Gasteiger charge is 2.32. The van der Waals surface area contributed by atoms with E-state index in [-0.39, 0.29) is 17.2 Å². The van der Waals surface area contributed by atoms with Crippen LogP contribution in [0, 0.1) is 17.7 Å². The van der Waals surface area contributed by atoms with Gasteiger partial charge >= 0.3 is 0 Å². The number of carbonyl (C=O) groups excluding carboxylic acids is 1. The third-order valence-electron chi connectivity index (χ3n) is 5.01. The minimum Gasteiger partial charge on any atom is -0.493 e. The van der Waals surface area contributed by atoms with Gasteiger partial charge in [0.15, 0.2) is 11.5 Å². The van der Waals surface area contributed by atoms with E-state index in [1.165, 1.54) is 26.4 Å². The number of hydrogen-bond donors (Lipinski definition) is 1. The van der Waals surface area contributed by atoms with Crippen LogP contribution in [0.25, 0.3) is 0 Å². The van der Waals surface area contributed by atoms with Crippen LogP contribution in [-0.4, -0.2) is 51.2 Å². The third kappa shape index (κ3) is 3.13. The summed E-state index contributed by atoms with van der Waals surface area (Å²) in [6.45, 7) is 3.40. The minimum absolute atomic E-state index is 0.0489. The molecule has 0 aromatic heterocycles.